The largest absolute Gasteiger partial charge is 0.464 e. The minimum absolute atomic E-state index is 0.00502. The summed E-state index contributed by atoms with van der Waals surface area (Å²) in [7, 11) is 0. The van der Waals surface area contributed by atoms with Gasteiger partial charge in [0.1, 0.15) is 18.3 Å². The van der Waals surface area contributed by atoms with E-state index in [0.717, 1.165) is 0 Å². The number of ether oxygens (including phenoxy) is 1. The van der Waals surface area contributed by atoms with Gasteiger partial charge >= 0.3 is 5.97 Å². The zero-order chi connectivity index (χ0) is 12.0. The third-order valence-corrected chi connectivity index (χ3v) is 1.69. The monoisotopic (exact) mass is 222 g/mol. The van der Waals surface area contributed by atoms with Crippen molar-refractivity contribution in [3.63, 3.8) is 0 Å². The summed E-state index contributed by atoms with van der Waals surface area (Å²) in [5, 5.41) is 36.2. The Labute approximate surface area is 85.9 Å². The molecule has 0 saturated heterocycles. The van der Waals surface area contributed by atoms with Crippen LogP contribution in [0, 0.1) is 0 Å². The SMILES string of the molecule is CCOC(=O)[C@@H](O)[C@H](O)[C@@H](O)[C@@H](O)C=O. The zero-order valence-corrected chi connectivity index (χ0v) is 8.11. The number of hydrogen-bond acceptors (Lipinski definition) is 7. The molecular formula is C8H14O7. The van der Waals surface area contributed by atoms with Crippen LogP contribution < -0.4 is 0 Å². The molecule has 0 unspecified atom stereocenters. The van der Waals surface area contributed by atoms with Gasteiger partial charge in [0.2, 0.25) is 0 Å². The predicted molar refractivity (Wildman–Crippen MR) is 46.7 cm³/mol. The summed E-state index contributed by atoms with van der Waals surface area (Å²) < 4.78 is 4.36. The summed E-state index contributed by atoms with van der Waals surface area (Å²) in [4.78, 5) is 20.9. The molecule has 0 bridgehead atoms. The van der Waals surface area contributed by atoms with Crippen molar-refractivity contribution >= 4 is 12.3 Å². The number of rotatable bonds is 6. The molecule has 0 rings (SSSR count). The molecule has 0 aliphatic rings. The number of hydrogen-bond donors (Lipinski definition) is 4. The number of carbonyl (C=O) groups is 2. The Morgan fingerprint density at radius 3 is 2.20 bits per heavy atom. The standard InChI is InChI=1S/C8H14O7/c1-2-15-8(14)7(13)6(12)5(11)4(10)3-9/h3-7,10-13H,2H2,1H3/t4-,5-,6+,7-/m0/s1. The van der Waals surface area contributed by atoms with Gasteiger partial charge in [-0.3, -0.25) is 0 Å². The normalized spacial score (nSPS) is 18.7. The number of esters is 1. The number of aldehydes is 1. The van der Waals surface area contributed by atoms with Gasteiger partial charge in [-0.2, -0.15) is 0 Å². The fraction of sp³-hybridized carbons (Fsp3) is 0.750. The number of aliphatic hydroxyl groups is 4. The Kier molecular flexibility index (Phi) is 6.02. The van der Waals surface area contributed by atoms with Crippen molar-refractivity contribution in [1.82, 2.24) is 0 Å². The first-order valence-electron chi connectivity index (χ1n) is 4.29. The van der Waals surface area contributed by atoms with Crippen LogP contribution in [0.25, 0.3) is 0 Å². The fourth-order valence-corrected chi connectivity index (χ4v) is 0.836. The summed E-state index contributed by atoms with van der Waals surface area (Å²) in [6.45, 7) is 1.49. The number of aliphatic hydroxyl groups excluding tert-OH is 4. The molecule has 0 aromatic carbocycles. The quantitative estimate of drug-likeness (QED) is 0.282. The van der Waals surface area contributed by atoms with Crippen LogP contribution in [0.4, 0.5) is 0 Å². The lowest BCUT2D eigenvalue weighted by Crippen LogP contribution is -2.48. The van der Waals surface area contributed by atoms with Gasteiger partial charge in [-0.1, -0.05) is 0 Å². The molecule has 0 heterocycles. The average Bonchev–Trinajstić information content (AvgIpc) is 2.25. The third kappa shape index (κ3) is 3.92. The van der Waals surface area contributed by atoms with Gasteiger partial charge in [-0.25, -0.2) is 4.79 Å². The first-order chi connectivity index (χ1) is 6.95. The van der Waals surface area contributed by atoms with Crippen LogP contribution in [0.2, 0.25) is 0 Å². The van der Waals surface area contributed by atoms with Gasteiger partial charge in [0.25, 0.3) is 0 Å². The Morgan fingerprint density at radius 1 is 1.27 bits per heavy atom. The molecular weight excluding hydrogens is 208 g/mol. The fourth-order valence-electron chi connectivity index (χ4n) is 0.836. The van der Waals surface area contributed by atoms with E-state index >= 15 is 0 Å². The molecule has 0 saturated carbocycles. The van der Waals surface area contributed by atoms with Crippen molar-refractivity contribution in [1.29, 1.82) is 0 Å². The van der Waals surface area contributed by atoms with Gasteiger partial charge in [-0.15, -0.1) is 0 Å². The summed E-state index contributed by atoms with van der Waals surface area (Å²) in [5.74, 6) is -1.14. The van der Waals surface area contributed by atoms with Crippen molar-refractivity contribution in [3.05, 3.63) is 0 Å². The third-order valence-electron chi connectivity index (χ3n) is 1.69. The van der Waals surface area contributed by atoms with Crippen molar-refractivity contribution in [2.24, 2.45) is 0 Å². The smallest absolute Gasteiger partial charge is 0.337 e. The first-order valence-corrected chi connectivity index (χ1v) is 4.29. The second-order valence-corrected chi connectivity index (χ2v) is 2.80. The molecule has 0 aliphatic heterocycles. The summed E-state index contributed by atoms with van der Waals surface area (Å²) in [5.41, 5.74) is 0. The van der Waals surface area contributed by atoms with E-state index in [9.17, 15) is 9.59 Å². The average molecular weight is 222 g/mol. The molecule has 4 atom stereocenters. The van der Waals surface area contributed by atoms with Crippen molar-refractivity contribution in [2.45, 2.75) is 31.3 Å². The van der Waals surface area contributed by atoms with Gasteiger partial charge in [0.15, 0.2) is 12.4 Å². The molecule has 0 aromatic heterocycles. The molecule has 7 nitrogen and oxygen atoms in total. The topological polar surface area (TPSA) is 124 Å². The summed E-state index contributed by atoms with van der Waals surface area (Å²) >= 11 is 0. The van der Waals surface area contributed by atoms with Crippen molar-refractivity contribution < 1.29 is 34.8 Å². The van der Waals surface area contributed by atoms with Gasteiger partial charge < -0.3 is 30.0 Å². The van der Waals surface area contributed by atoms with Gasteiger partial charge in [0.05, 0.1) is 6.61 Å². The maximum Gasteiger partial charge on any atom is 0.337 e. The van der Waals surface area contributed by atoms with E-state index in [1.54, 1.807) is 0 Å². The first kappa shape index (κ1) is 14.0. The van der Waals surface area contributed by atoms with E-state index in [0.29, 0.717) is 0 Å². The van der Waals surface area contributed by atoms with Crippen LogP contribution in [-0.2, 0) is 14.3 Å². The zero-order valence-electron chi connectivity index (χ0n) is 8.11. The second kappa shape index (κ2) is 6.46. The van der Waals surface area contributed by atoms with Crippen LogP contribution in [0.1, 0.15) is 6.92 Å². The highest BCUT2D eigenvalue weighted by Gasteiger charge is 2.34. The van der Waals surface area contributed by atoms with E-state index in [2.05, 4.69) is 4.74 Å². The highest BCUT2D eigenvalue weighted by Crippen LogP contribution is 2.05. The summed E-state index contributed by atoms with van der Waals surface area (Å²) in [6.07, 6.45) is -7.82. The van der Waals surface area contributed by atoms with Crippen LogP contribution in [0.15, 0.2) is 0 Å². The Balaban J connectivity index is 4.35. The predicted octanol–water partition coefficient (Wildman–Crippen LogP) is -2.81. The van der Waals surface area contributed by atoms with Crippen LogP contribution in [0.3, 0.4) is 0 Å². The second-order valence-electron chi connectivity index (χ2n) is 2.80. The molecule has 0 spiro atoms. The van der Waals surface area contributed by atoms with Gasteiger partial charge in [-0.05, 0) is 6.92 Å². The minimum Gasteiger partial charge on any atom is -0.464 e. The Hall–Kier alpha value is -1.02. The maximum absolute atomic E-state index is 10.9. The highest BCUT2D eigenvalue weighted by atomic mass is 16.5. The maximum atomic E-state index is 10.9. The molecule has 15 heavy (non-hydrogen) atoms. The molecule has 0 aromatic rings. The van der Waals surface area contributed by atoms with E-state index in [1.165, 1.54) is 6.92 Å². The van der Waals surface area contributed by atoms with Crippen molar-refractivity contribution in [2.75, 3.05) is 6.61 Å². The minimum atomic E-state index is -2.01. The van der Waals surface area contributed by atoms with Crippen LogP contribution in [-0.4, -0.2) is 63.7 Å². The lowest BCUT2D eigenvalue weighted by atomic mass is 10.0. The van der Waals surface area contributed by atoms with Gasteiger partial charge in [0, 0.05) is 0 Å². The Bertz CT molecular complexity index is 217. The lowest BCUT2D eigenvalue weighted by Gasteiger charge is -2.22. The number of carbonyl (C=O) groups excluding carboxylic acids is 2. The molecule has 0 radical (unpaired) electrons. The molecule has 0 aliphatic carbocycles. The van der Waals surface area contributed by atoms with Crippen LogP contribution in [0.5, 0.6) is 0 Å². The molecule has 4 N–H and O–H groups in total. The van der Waals surface area contributed by atoms with E-state index in [-0.39, 0.29) is 12.9 Å². The highest BCUT2D eigenvalue weighted by molar-refractivity contribution is 5.75. The lowest BCUT2D eigenvalue weighted by molar-refractivity contribution is -0.169. The molecule has 88 valence electrons. The molecule has 0 fully saturated rings. The van der Waals surface area contributed by atoms with Crippen molar-refractivity contribution in [3.8, 4) is 0 Å². The van der Waals surface area contributed by atoms with E-state index in [1.807, 2.05) is 0 Å². The Morgan fingerprint density at radius 2 is 1.80 bits per heavy atom. The molecule has 0 amide bonds. The summed E-state index contributed by atoms with van der Waals surface area (Å²) in [6, 6.07) is 0. The molecule has 7 heteroatoms. The van der Waals surface area contributed by atoms with E-state index < -0.39 is 30.4 Å². The van der Waals surface area contributed by atoms with E-state index in [4.69, 9.17) is 20.4 Å². The van der Waals surface area contributed by atoms with Crippen LogP contribution >= 0.6 is 0 Å².